The lowest BCUT2D eigenvalue weighted by atomic mass is 10.0. The smallest absolute Gasteiger partial charge is 0.456 e. The minimum absolute atomic E-state index is 0.0366. The number of carbonyl (C=O) groups is 2. The van der Waals surface area contributed by atoms with Crippen LogP contribution < -0.4 is 5.32 Å². The van der Waals surface area contributed by atoms with Crippen molar-refractivity contribution in [2.24, 2.45) is 0 Å². The van der Waals surface area contributed by atoms with Gasteiger partial charge >= 0.3 is 13.8 Å². The molecule has 0 aliphatic rings. The lowest BCUT2D eigenvalue weighted by Crippen LogP contribution is -2.47. The van der Waals surface area contributed by atoms with E-state index in [2.05, 4.69) is 62.5 Å². The molecule has 3 atom stereocenters. The quantitative estimate of drug-likeness (QED) is 0.0205. The third-order valence-electron chi connectivity index (χ3n) is 14.0. The Labute approximate surface area is 458 Å². The van der Waals surface area contributed by atoms with Crippen LogP contribution in [0.4, 0.5) is 0 Å². The lowest BCUT2D eigenvalue weighted by Gasteiger charge is -2.27. The highest BCUT2D eigenvalue weighted by molar-refractivity contribution is 7.47. The summed E-state index contributed by atoms with van der Waals surface area (Å²) in [6.45, 7) is 6.91. The Morgan fingerprint density at radius 3 is 1.30 bits per heavy atom. The van der Waals surface area contributed by atoms with Crippen molar-refractivity contribution in [3.8, 4) is 0 Å². The first-order valence-electron chi connectivity index (χ1n) is 31.5. The predicted molar refractivity (Wildman–Crippen MR) is 319 cm³/mol. The van der Waals surface area contributed by atoms with Crippen LogP contribution in [0.25, 0.3) is 0 Å². The molecule has 434 valence electrons. The van der Waals surface area contributed by atoms with Crippen molar-refractivity contribution in [3.05, 3.63) is 48.6 Å². The zero-order valence-electron chi connectivity index (χ0n) is 49.6. The zero-order valence-corrected chi connectivity index (χ0v) is 50.5. The number of nitrogens with one attached hydrogen (secondary N) is 1. The molecule has 9 nitrogen and oxygen atoms in total. The summed E-state index contributed by atoms with van der Waals surface area (Å²) < 4.78 is 30.7. The molecule has 0 spiro atoms. The van der Waals surface area contributed by atoms with E-state index in [1.165, 1.54) is 173 Å². The number of hydrogen-bond donors (Lipinski definition) is 2. The summed E-state index contributed by atoms with van der Waals surface area (Å²) >= 11 is 0. The Bertz CT molecular complexity index is 1410. The standard InChI is InChI=1S/C64H121N2O7P/c1-7-10-13-16-19-22-25-28-30-31-32-33-34-35-36-39-42-45-48-51-54-57-64(68)73-62(55-52-49-46-43-40-37-27-24-21-18-15-12-9-3)61(60-72-74(69,70)71-59-58-66(4,5)6)65-63(67)56-53-50-47-44-41-38-29-26-23-20-17-14-11-8-2/h11,14,20,23,29,38,52,55,61-62H,7-10,12-13,15-19,21-22,24-28,30-37,39-51,53-54,56-60H2,1-6H3,(H-,65,67,69,70)/p+1/b14-11+,23-20+,38-29+,55-52-. The molecular formula is C64H122N2O7P+. The number of rotatable bonds is 57. The molecule has 2 N–H and O–H groups in total. The minimum atomic E-state index is -4.45. The van der Waals surface area contributed by atoms with Gasteiger partial charge in [0.15, 0.2) is 0 Å². The van der Waals surface area contributed by atoms with Gasteiger partial charge in [0.1, 0.15) is 19.3 Å². The SMILES string of the molecule is CC/C=C/C/C=C/C/C=C/CCCCCCC(=O)NC(COP(=O)(O)OCC[N+](C)(C)C)C(/C=C\CCCCCCCCCCCCC)OC(=O)CCCCCCCCCCCCCCCCCCCCCCC. The molecule has 0 rings (SSSR count). The third-order valence-corrected chi connectivity index (χ3v) is 15.0. The maximum absolute atomic E-state index is 13.5. The molecule has 0 aromatic rings. The number of esters is 1. The van der Waals surface area contributed by atoms with Crippen molar-refractivity contribution in [1.29, 1.82) is 0 Å². The van der Waals surface area contributed by atoms with Crippen molar-refractivity contribution in [2.45, 2.75) is 309 Å². The topological polar surface area (TPSA) is 111 Å². The average molecular weight is 1060 g/mol. The van der Waals surface area contributed by atoms with Gasteiger partial charge in [-0.15, -0.1) is 0 Å². The van der Waals surface area contributed by atoms with Crippen LogP contribution in [0, 0.1) is 0 Å². The summed E-state index contributed by atoms with van der Waals surface area (Å²) in [6.07, 6.45) is 66.9. The second-order valence-electron chi connectivity index (χ2n) is 22.6. The van der Waals surface area contributed by atoms with Crippen molar-refractivity contribution in [1.82, 2.24) is 5.32 Å². The van der Waals surface area contributed by atoms with Crippen molar-refractivity contribution < 1.29 is 37.3 Å². The van der Waals surface area contributed by atoms with E-state index in [1.54, 1.807) is 0 Å². The monoisotopic (exact) mass is 1060 g/mol. The number of phosphoric acid groups is 1. The number of phosphoric ester groups is 1. The van der Waals surface area contributed by atoms with E-state index in [4.69, 9.17) is 13.8 Å². The first kappa shape index (κ1) is 72.0. The molecule has 10 heteroatoms. The normalized spacial score (nSPS) is 14.0. The maximum atomic E-state index is 13.5. The van der Waals surface area contributed by atoms with Gasteiger partial charge in [0, 0.05) is 12.8 Å². The lowest BCUT2D eigenvalue weighted by molar-refractivity contribution is -0.870. The number of ether oxygens (including phenoxy) is 1. The van der Waals surface area contributed by atoms with E-state index in [1.807, 2.05) is 33.3 Å². The molecule has 74 heavy (non-hydrogen) atoms. The van der Waals surface area contributed by atoms with Gasteiger partial charge in [-0.2, -0.15) is 0 Å². The van der Waals surface area contributed by atoms with Crippen molar-refractivity contribution in [3.63, 3.8) is 0 Å². The van der Waals surface area contributed by atoms with Gasteiger partial charge in [0.25, 0.3) is 0 Å². The number of nitrogens with zero attached hydrogens (tertiary/aromatic N) is 1. The van der Waals surface area contributed by atoms with Gasteiger partial charge in [-0.25, -0.2) is 4.57 Å². The second-order valence-corrected chi connectivity index (χ2v) is 24.0. The van der Waals surface area contributed by atoms with Crippen LogP contribution in [0.3, 0.4) is 0 Å². The molecule has 3 unspecified atom stereocenters. The summed E-state index contributed by atoms with van der Waals surface area (Å²) in [7, 11) is 1.49. The number of likely N-dealkylation sites (N-methyl/N-ethyl adjacent to an activating group) is 1. The first-order chi connectivity index (χ1) is 35.9. The van der Waals surface area contributed by atoms with Crippen LogP contribution in [0.15, 0.2) is 48.6 Å². The number of carbonyl (C=O) groups excluding carboxylic acids is 2. The van der Waals surface area contributed by atoms with Crippen LogP contribution in [0.1, 0.15) is 297 Å². The van der Waals surface area contributed by atoms with Crippen LogP contribution in [-0.2, 0) is 27.9 Å². The van der Waals surface area contributed by atoms with Crippen LogP contribution in [-0.4, -0.2) is 74.3 Å². The molecule has 1 amide bonds. The summed E-state index contributed by atoms with van der Waals surface area (Å²) in [6, 6.07) is -0.857. The highest BCUT2D eigenvalue weighted by Gasteiger charge is 2.30. The number of quaternary nitrogens is 1. The molecule has 0 saturated heterocycles. The van der Waals surface area contributed by atoms with E-state index >= 15 is 0 Å². The van der Waals surface area contributed by atoms with Crippen molar-refractivity contribution >= 4 is 19.7 Å². The summed E-state index contributed by atoms with van der Waals surface area (Å²) in [5.74, 6) is -0.520. The number of unbranched alkanes of at least 4 members (excludes halogenated alkanes) is 35. The molecular weight excluding hydrogens is 940 g/mol. The average Bonchev–Trinajstić information content (AvgIpc) is 3.36. The molecule has 0 bridgehead atoms. The van der Waals surface area contributed by atoms with E-state index in [9.17, 15) is 19.0 Å². The first-order valence-corrected chi connectivity index (χ1v) is 33.0. The van der Waals surface area contributed by atoms with E-state index in [0.29, 0.717) is 23.9 Å². The molecule has 0 heterocycles. The molecule has 0 aromatic heterocycles. The van der Waals surface area contributed by atoms with E-state index < -0.39 is 20.0 Å². The predicted octanol–water partition coefficient (Wildman–Crippen LogP) is 19.3. The summed E-state index contributed by atoms with van der Waals surface area (Å²) in [5.41, 5.74) is 0. The van der Waals surface area contributed by atoms with Gasteiger partial charge in [-0.05, 0) is 63.9 Å². The molecule has 0 fully saturated rings. The fourth-order valence-electron chi connectivity index (χ4n) is 9.19. The minimum Gasteiger partial charge on any atom is -0.456 e. The van der Waals surface area contributed by atoms with E-state index in [-0.39, 0.29) is 25.1 Å². The molecule has 0 aliphatic carbocycles. The number of allylic oxidation sites excluding steroid dienone is 7. The molecule has 0 aromatic carbocycles. The fourth-order valence-corrected chi connectivity index (χ4v) is 9.93. The van der Waals surface area contributed by atoms with Gasteiger partial charge < -0.3 is 19.4 Å². The number of hydrogen-bond acceptors (Lipinski definition) is 6. The maximum Gasteiger partial charge on any atom is 0.472 e. The van der Waals surface area contributed by atoms with Gasteiger partial charge in [-0.3, -0.25) is 18.6 Å². The van der Waals surface area contributed by atoms with Gasteiger partial charge in [0.2, 0.25) is 5.91 Å². The highest BCUT2D eigenvalue weighted by Crippen LogP contribution is 2.43. The van der Waals surface area contributed by atoms with Crippen molar-refractivity contribution in [2.75, 3.05) is 40.9 Å². The fraction of sp³-hybridized carbons (Fsp3) is 0.844. The summed E-state index contributed by atoms with van der Waals surface area (Å²) in [5, 5.41) is 3.05. The van der Waals surface area contributed by atoms with Gasteiger partial charge in [-0.1, -0.05) is 269 Å². The van der Waals surface area contributed by atoms with Crippen LogP contribution in [0.2, 0.25) is 0 Å². The van der Waals surface area contributed by atoms with Gasteiger partial charge in [0.05, 0.1) is 33.8 Å². The largest absolute Gasteiger partial charge is 0.472 e. The number of amides is 1. The van der Waals surface area contributed by atoms with Crippen LogP contribution >= 0.6 is 7.82 Å². The zero-order chi connectivity index (χ0) is 54.3. The Morgan fingerprint density at radius 2 is 0.865 bits per heavy atom. The van der Waals surface area contributed by atoms with Crippen LogP contribution in [0.5, 0.6) is 0 Å². The third kappa shape index (κ3) is 54.7. The summed E-state index contributed by atoms with van der Waals surface area (Å²) in [4.78, 5) is 37.7. The molecule has 0 aliphatic heterocycles. The second kappa shape index (κ2) is 54.3. The Kier molecular flexibility index (Phi) is 52.8. The van der Waals surface area contributed by atoms with E-state index in [0.717, 1.165) is 89.9 Å². The highest BCUT2D eigenvalue weighted by atomic mass is 31.2. The Morgan fingerprint density at radius 1 is 0.486 bits per heavy atom. The molecule has 0 saturated carbocycles. The Balaban J connectivity index is 5.22. The Hall–Kier alpha value is -2.03. The molecule has 0 radical (unpaired) electrons.